The molecular formula is C14H23ClN4O2S. The second kappa shape index (κ2) is 7.80. The second-order valence-electron chi connectivity index (χ2n) is 5.63. The summed E-state index contributed by atoms with van der Waals surface area (Å²) in [5.41, 5.74) is 0.330. The van der Waals surface area contributed by atoms with Gasteiger partial charge in [0.25, 0.3) is 0 Å². The number of guanidine groups is 1. The fourth-order valence-electron chi connectivity index (χ4n) is 1.88. The minimum Gasteiger partial charge on any atom is -0.355 e. The quantitative estimate of drug-likeness (QED) is 0.536. The second-order valence-corrected chi connectivity index (χ2v) is 7.78. The zero-order valence-corrected chi connectivity index (χ0v) is 14.8. The molecule has 0 aliphatic carbocycles. The Bertz CT molecular complexity index is 629. The van der Waals surface area contributed by atoms with Crippen LogP contribution in [0.15, 0.2) is 29.3 Å². The third-order valence-corrected chi connectivity index (χ3v) is 4.08. The molecule has 3 N–H and O–H groups in total. The van der Waals surface area contributed by atoms with Crippen LogP contribution in [0.25, 0.3) is 0 Å². The summed E-state index contributed by atoms with van der Waals surface area (Å²) in [6, 6.07) is 7.54. The molecule has 0 radical (unpaired) electrons. The molecule has 124 valence electrons. The number of sulfonamides is 1. The van der Waals surface area contributed by atoms with Gasteiger partial charge in [0.1, 0.15) is 0 Å². The predicted octanol–water partition coefficient (Wildman–Crippen LogP) is 1.33. The van der Waals surface area contributed by atoms with Gasteiger partial charge in [-0.3, -0.25) is 4.99 Å². The number of aliphatic imine (C=N–C) groups is 1. The van der Waals surface area contributed by atoms with Crippen LogP contribution >= 0.6 is 11.6 Å². The highest BCUT2D eigenvalue weighted by Gasteiger charge is 2.22. The van der Waals surface area contributed by atoms with Crippen molar-refractivity contribution in [3.05, 3.63) is 34.9 Å². The van der Waals surface area contributed by atoms with Gasteiger partial charge in [0.05, 0.1) is 6.26 Å². The summed E-state index contributed by atoms with van der Waals surface area (Å²) in [6.45, 7) is 4.51. The van der Waals surface area contributed by atoms with E-state index in [4.69, 9.17) is 11.6 Å². The van der Waals surface area contributed by atoms with E-state index in [2.05, 4.69) is 20.3 Å². The summed E-state index contributed by atoms with van der Waals surface area (Å²) in [4.78, 5) is 4.11. The molecule has 0 saturated heterocycles. The first kappa shape index (κ1) is 18.7. The molecular weight excluding hydrogens is 324 g/mol. The van der Waals surface area contributed by atoms with Gasteiger partial charge in [0.2, 0.25) is 10.0 Å². The highest BCUT2D eigenvalue weighted by atomic mass is 35.5. The first-order valence-electron chi connectivity index (χ1n) is 6.80. The Morgan fingerprint density at radius 3 is 2.45 bits per heavy atom. The van der Waals surface area contributed by atoms with E-state index in [1.165, 1.54) is 0 Å². The third kappa shape index (κ3) is 7.11. The van der Waals surface area contributed by atoms with Crippen LogP contribution in [0.3, 0.4) is 0 Å². The molecule has 0 amide bonds. The van der Waals surface area contributed by atoms with Gasteiger partial charge >= 0.3 is 0 Å². The topological polar surface area (TPSA) is 82.6 Å². The maximum Gasteiger partial charge on any atom is 0.209 e. The summed E-state index contributed by atoms with van der Waals surface area (Å²) in [5, 5.41) is 6.91. The number of hydrogen-bond donors (Lipinski definition) is 3. The molecule has 0 heterocycles. The lowest BCUT2D eigenvalue weighted by Gasteiger charge is -2.26. The zero-order valence-electron chi connectivity index (χ0n) is 13.3. The highest BCUT2D eigenvalue weighted by molar-refractivity contribution is 7.88. The number of nitrogens with zero attached hydrogens (tertiary/aromatic N) is 1. The Balaban J connectivity index is 2.55. The highest BCUT2D eigenvalue weighted by Crippen LogP contribution is 2.14. The molecule has 0 bridgehead atoms. The van der Waals surface area contributed by atoms with Gasteiger partial charge < -0.3 is 10.6 Å². The molecule has 0 saturated carbocycles. The Hall–Kier alpha value is -1.31. The summed E-state index contributed by atoms with van der Waals surface area (Å²) in [7, 11) is -1.61. The average molecular weight is 347 g/mol. The van der Waals surface area contributed by atoms with Crippen LogP contribution in [-0.2, 0) is 16.6 Å². The van der Waals surface area contributed by atoms with Crippen LogP contribution in [0, 0.1) is 0 Å². The van der Waals surface area contributed by atoms with Crippen LogP contribution in [0.5, 0.6) is 0 Å². The van der Waals surface area contributed by atoms with E-state index in [0.29, 0.717) is 24.1 Å². The summed E-state index contributed by atoms with van der Waals surface area (Å²) < 4.78 is 25.2. The van der Waals surface area contributed by atoms with Crippen molar-refractivity contribution in [1.82, 2.24) is 15.4 Å². The van der Waals surface area contributed by atoms with E-state index in [-0.39, 0.29) is 0 Å². The normalized spacial score (nSPS) is 13.0. The Kier molecular flexibility index (Phi) is 6.65. The van der Waals surface area contributed by atoms with E-state index in [9.17, 15) is 8.42 Å². The molecule has 1 aromatic carbocycles. The maximum atomic E-state index is 11.3. The Morgan fingerprint density at radius 1 is 1.27 bits per heavy atom. The Labute approximate surface area is 137 Å². The van der Waals surface area contributed by atoms with Crippen molar-refractivity contribution in [3.8, 4) is 0 Å². The van der Waals surface area contributed by atoms with Crippen LogP contribution in [0.2, 0.25) is 5.02 Å². The third-order valence-electron chi connectivity index (χ3n) is 2.79. The smallest absolute Gasteiger partial charge is 0.209 e. The fourth-order valence-corrected chi connectivity index (χ4v) is 3.16. The average Bonchev–Trinajstić information content (AvgIpc) is 2.38. The maximum absolute atomic E-state index is 11.3. The molecule has 1 rings (SSSR count). The predicted molar refractivity (Wildman–Crippen MR) is 91.7 cm³/mol. The monoisotopic (exact) mass is 346 g/mol. The van der Waals surface area contributed by atoms with Gasteiger partial charge in [0, 0.05) is 30.7 Å². The number of benzene rings is 1. The standard InChI is InChI=1S/C14H23ClN4O2S/c1-14(2,19-22(4,20)21)10-18-13(16-3)17-9-11-7-5-6-8-12(11)15/h5-8,19H,9-10H2,1-4H3,(H2,16,17,18). The van der Waals surface area contributed by atoms with Crippen molar-refractivity contribution in [3.63, 3.8) is 0 Å². The lowest BCUT2D eigenvalue weighted by Crippen LogP contribution is -2.52. The van der Waals surface area contributed by atoms with E-state index in [1.807, 2.05) is 24.3 Å². The van der Waals surface area contributed by atoms with E-state index < -0.39 is 15.6 Å². The van der Waals surface area contributed by atoms with Crippen LogP contribution in [-0.4, -0.2) is 39.8 Å². The Morgan fingerprint density at radius 2 is 1.91 bits per heavy atom. The fraction of sp³-hybridized carbons (Fsp3) is 0.500. The van der Waals surface area contributed by atoms with Crippen molar-refractivity contribution in [1.29, 1.82) is 0 Å². The van der Waals surface area contributed by atoms with Crippen molar-refractivity contribution in [2.45, 2.75) is 25.9 Å². The minimum atomic E-state index is -3.27. The zero-order chi connectivity index (χ0) is 16.8. The number of hydrogen-bond acceptors (Lipinski definition) is 3. The molecule has 0 atom stereocenters. The minimum absolute atomic E-state index is 0.391. The SMILES string of the molecule is CN=C(NCc1ccccc1Cl)NCC(C)(C)NS(C)(=O)=O. The van der Waals surface area contributed by atoms with Gasteiger partial charge in [0.15, 0.2) is 5.96 Å². The molecule has 0 unspecified atom stereocenters. The molecule has 8 heteroatoms. The first-order valence-corrected chi connectivity index (χ1v) is 9.07. The van der Waals surface area contributed by atoms with Gasteiger partial charge in [-0.2, -0.15) is 0 Å². The van der Waals surface area contributed by atoms with Crippen molar-refractivity contribution in [2.24, 2.45) is 4.99 Å². The largest absolute Gasteiger partial charge is 0.355 e. The number of rotatable bonds is 6. The molecule has 0 aliphatic rings. The van der Waals surface area contributed by atoms with Crippen LogP contribution < -0.4 is 15.4 Å². The van der Waals surface area contributed by atoms with Gasteiger partial charge in [-0.05, 0) is 25.5 Å². The molecule has 0 fully saturated rings. The van der Waals surface area contributed by atoms with E-state index >= 15 is 0 Å². The lowest BCUT2D eigenvalue weighted by molar-refractivity contribution is 0.446. The molecule has 1 aromatic rings. The molecule has 6 nitrogen and oxygen atoms in total. The molecule has 0 spiro atoms. The van der Waals surface area contributed by atoms with Gasteiger partial charge in [-0.15, -0.1) is 0 Å². The number of halogens is 1. The van der Waals surface area contributed by atoms with Crippen molar-refractivity contribution >= 4 is 27.6 Å². The number of nitrogens with one attached hydrogen (secondary N) is 3. The van der Waals surface area contributed by atoms with Crippen molar-refractivity contribution in [2.75, 3.05) is 19.8 Å². The van der Waals surface area contributed by atoms with Gasteiger partial charge in [-0.1, -0.05) is 29.8 Å². The molecule has 22 heavy (non-hydrogen) atoms. The van der Waals surface area contributed by atoms with Gasteiger partial charge in [-0.25, -0.2) is 13.1 Å². The van der Waals surface area contributed by atoms with E-state index in [1.54, 1.807) is 20.9 Å². The molecule has 0 aliphatic heterocycles. The molecule has 0 aromatic heterocycles. The van der Waals surface area contributed by atoms with E-state index in [0.717, 1.165) is 11.8 Å². The van der Waals surface area contributed by atoms with Crippen LogP contribution in [0.4, 0.5) is 0 Å². The first-order chi connectivity index (χ1) is 10.1. The summed E-state index contributed by atoms with van der Waals surface area (Å²) in [6.07, 6.45) is 1.14. The van der Waals surface area contributed by atoms with Crippen LogP contribution in [0.1, 0.15) is 19.4 Å². The van der Waals surface area contributed by atoms with Crippen molar-refractivity contribution < 1.29 is 8.42 Å². The lowest BCUT2D eigenvalue weighted by atomic mass is 10.1. The summed E-state index contributed by atoms with van der Waals surface area (Å²) in [5.74, 6) is 0.572. The summed E-state index contributed by atoms with van der Waals surface area (Å²) >= 11 is 6.10.